The van der Waals surface area contributed by atoms with E-state index in [1.807, 2.05) is 0 Å². The van der Waals surface area contributed by atoms with Crippen LogP contribution in [0.15, 0.2) is 24.4 Å². The standard InChI is InChI=1S/C9H12N2O2/c1-7(12)6-11-9(13)8-4-2-3-5-10-8/h2-5,7,12H,6H2,1H3,(H,11,13)/t7-/m1/s1. The molecular weight excluding hydrogens is 168 g/mol. The number of hydrogen-bond acceptors (Lipinski definition) is 3. The molecule has 0 bridgehead atoms. The minimum Gasteiger partial charge on any atom is -0.392 e. The molecule has 0 unspecified atom stereocenters. The molecule has 1 heterocycles. The van der Waals surface area contributed by atoms with Gasteiger partial charge in [-0.3, -0.25) is 9.78 Å². The number of carbonyl (C=O) groups excluding carboxylic acids is 1. The van der Waals surface area contributed by atoms with Gasteiger partial charge in [0.15, 0.2) is 0 Å². The van der Waals surface area contributed by atoms with Crippen molar-refractivity contribution in [2.75, 3.05) is 6.54 Å². The average molecular weight is 180 g/mol. The molecule has 1 aromatic rings. The summed E-state index contributed by atoms with van der Waals surface area (Å²) >= 11 is 0. The minimum absolute atomic E-state index is 0.245. The highest BCUT2D eigenvalue weighted by Gasteiger charge is 2.05. The van der Waals surface area contributed by atoms with Crippen LogP contribution in [0.2, 0.25) is 0 Å². The number of hydrogen-bond donors (Lipinski definition) is 2. The summed E-state index contributed by atoms with van der Waals surface area (Å²) in [4.78, 5) is 15.1. The SMILES string of the molecule is C[C@@H](O)CNC(=O)c1ccccn1. The van der Waals surface area contributed by atoms with E-state index in [1.165, 1.54) is 0 Å². The average Bonchev–Trinajstić information content (AvgIpc) is 2.15. The van der Waals surface area contributed by atoms with E-state index in [4.69, 9.17) is 5.11 Å². The van der Waals surface area contributed by atoms with Gasteiger partial charge in [-0.15, -0.1) is 0 Å². The van der Waals surface area contributed by atoms with Gasteiger partial charge in [0, 0.05) is 12.7 Å². The molecular formula is C9H12N2O2. The van der Waals surface area contributed by atoms with E-state index >= 15 is 0 Å². The van der Waals surface area contributed by atoms with Crippen molar-refractivity contribution in [3.05, 3.63) is 30.1 Å². The zero-order valence-electron chi connectivity index (χ0n) is 7.40. The molecule has 1 aromatic heterocycles. The fourth-order valence-corrected chi connectivity index (χ4v) is 0.828. The van der Waals surface area contributed by atoms with Crippen molar-refractivity contribution in [1.29, 1.82) is 0 Å². The maximum atomic E-state index is 11.3. The first kappa shape index (κ1) is 9.67. The number of rotatable bonds is 3. The van der Waals surface area contributed by atoms with E-state index in [-0.39, 0.29) is 12.5 Å². The summed E-state index contributed by atoms with van der Waals surface area (Å²) in [6.45, 7) is 1.86. The van der Waals surface area contributed by atoms with Crippen LogP contribution >= 0.6 is 0 Å². The van der Waals surface area contributed by atoms with Crippen LogP contribution in [0.25, 0.3) is 0 Å². The highest BCUT2D eigenvalue weighted by molar-refractivity contribution is 5.92. The molecule has 2 N–H and O–H groups in total. The van der Waals surface area contributed by atoms with Crippen LogP contribution in [-0.2, 0) is 0 Å². The lowest BCUT2D eigenvalue weighted by molar-refractivity contribution is 0.0919. The van der Waals surface area contributed by atoms with Crippen molar-refractivity contribution < 1.29 is 9.90 Å². The third-order valence-corrected chi connectivity index (χ3v) is 1.46. The van der Waals surface area contributed by atoms with Crippen LogP contribution in [0.1, 0.15) is 17.4 Å². The zero-order valence-corrected chi connectivity index (χ0v) is 7.40. The van der Waals surface area contributed by atoms with Crippen LogP contribution < -0.4 is 5.32 Å². The molecule has 0 saturated carbocycles. The maximum Gasteiger partial charge on any atom is 0.269 e. The molecule has 1 amide bonds. The topological polar surface area (TPSA) is 62.2 Å². The third-order valence-electron chi connectivity index (χ3n) is 1.46. The highest BCUT2D eigenvalue weighted by atomic mass is 16.3. The second-order valence-corrected chi connectivity index (χ2v) is 2.77. The van der Waals surface area contributed by atoms with Gasteiger partial charge in [-0.2, -0.15) is 0 Å². The quantitative estimate of drug-likeness (QED) is 0.698. The zero-order chi connectivity index (χ0) is 9.68. The number of aliphatic hydroxyl groups excluding tert-OH is 1. The van der Waals surface area contributed by atoms with Gasteiger partial charge in [0.05, 0.1) is 6.10 Å². The van der Waals surface area contributed by atoms with E-state index in [0.29, 0.717) is 5.69 Å². The molecule has 70 valence electrons. The fourth-order valence-electron chi connectivity index (χ4n) is 0.828. The Morgan fingerprint density at radius 1 is 1.69 bits per heavy atom. The number of nitrogens with one attached hydrogen (secondary N) is 1. The first-order valence-corrected chi connectivity index (χ1v) is 4.07. The van der Waals surface area contributed by atoms with Gasteiger partial charge in [0.25, 0.3) is 5.91 Å². The van der Waals surface area contributed by atoms with Crippen molar-refractivity contribution in [1.82, 2.24) is 10.3 Å². The van der Waals surface area contributed by atoms with E-state index in [9.17, 15) is 4.79 Å². The lowest BCUT2D eigenvalue weighted by atomic mass is 10.3. The Balaban J connectivity index is 2.50. The smallest absolute Gasteiger partial charge is 0.269 e. The summed E-state index contributed by atoms with van der Waals surface area (Å²) in [7, 11) is 0. The molecule has 0 radical (unpaired) electrons. The normalized spacial score (nSPS) is 12.2. The molecule has 0 aliphatic carbocycles. The molecule has 0 spiro atoms. The molecule has 1 atom stereocenters. The van der Waals surface area contributed by atoms with Crippen LogP contribution in [-0.4, -0.2) is 28.6 Å². The molecule has 0 fully saturated rings. The summed E-state index contributed by atoms with van der Waals surface area (Å²) in [5, 5.41) is 11.5. The Labute approximate surface area is 76.6 Å². The predicted molar refractivity (Wildman–Crippen MR) is 48.3 cm³/mol. The Hall–Kier alpha value is -1.42. The molecule has 13 heavy (non-hydrogen) atoms. The van der Waals surface area contributed by atoms with Crippen molar-refractivity contribution in [3.63, 3.8) is 0 Å². The Bertz CT molecular complexity index is 272. The van der Waals surface area contributed by atoms with Gasteiger partial charge in [0.1, 0.15) is 5.69 Å². The fraction of sp³-hybridized carbons (Fsp3) is 0.333. The lowest BCUT2D eigenvalue weighted by Gasteiger charge is -2.05. The number of carbonyl (C=O) groups is 1. The lowest BCUT2D eigenvalue weighted by Crippen LogP contribution is -2.30. The summed E-state index contributed by atoms with van der Waals surface area (Å²) in [5.74, 6) is -0.262. The molecule has 1 rings (SSSR count). The van der Waals surface area contributed by atoms with E-state index in [1.54, 1.807) is 31.3 Å². The summed E-state index contributed by atoms with van der Waals surface area (Å²) < 4.78 is 0. The first-order valence-electron chi connectivity index (χ1n) is 4.07. The van der Waals surface area contributed by atoms with Crippen LogP contribution in [0.4, 0.5) is 0 Å². The van der Waals surface area contributed by atoms with Gasteiger partial charge in [0.2, 0.25) is 0 Å². The van der Waals surface area contributed by atoms with Crippen LogP contribution in [0.3, 0.4) is 0 Å². The van der Waals surface area contributed by atoms with Gasteiger partial charge >= 0.3 is 0 Å². The van der Waals surface area contributed by atoms with Crippen molar-refractivity contribution >= 4 is 5.91 Å². The second-order valence-electron chi connectivity index (χ2n) is 2.77. The molecule has 0 saturated heterocycles. The van der Waals surface area contributed by atoms with Gasteiger partial charge in [-0.1, -0.05) is 6.07 Å². The summed E-state index contributed by atoms with van der Waals surface area (Å²) in [6, 6.07) is 5.10. The molecule has 4 nitrogen and oxygen atoms in total. The van der Waals surface area contributed by atoms with Crippen LogP contribution in [0, 0.1) is 0 Å². The number of amides is 1. The van der Waals surface area contributed by atoms with E-state index in [2.05, 4.69) is 10.3 Å². The number of aromatic nitrogens is 1. The molecule has 0 aromatic carbocycles. The Kier molecular flexibility index (Phi) is 3.40. The number of aliphatic hydroxyl groups is 1. The highest BCUT2D eigenvalue weighted by Crippen LogP contribution is 1.92. The van der Waals surface area contributed by atoms with E-state index < -0.39 is 6.10 Å². The van der Waals surface area contributed by atoms with Crippen molar-refractivity contribution in [2.45, 2.75) is 13.0 Å². The first-order chi connectivity index (χ1) is 6.20. The number of nitrogens with zero attached hydrogens (tertiary/aromatic N) is 1. The van der Waals surface area contributed by atoms with Crippen molar-refractivity contribution in [3.8, 4) is 0 Å². The minimum atomic E-state index is -0.535. The maximum absolute atomic E-state index is 11.3. The summed E-state index contributed by atoms with van der Waals surface area (Å²) in [5.41, 5.74) is 0.364. The predicted octanol–water partition coefficient (Wildman–Crippen LogP) is 0.192. The van der Waals surface area contributed by atoms with E-state index in [0.717, 1.165) is 0 Å². The second kappa shape index (κ2) is 4.57. The number of pyridine rings is 1. The van der Waals surface area contributed by atoms with Gasteiger partial charge < -0.3 is 10.4 Å². The van der Waals surface area contributed by atoms with Gasteiger partial charge in [-0.05, 0) is 19.1 Å². The Morgan fingerprint density at radius 2 is 2.46 bits per heavy atom. The van der Waals surface area contributed by atoms with Gasteiger partial charge in [-0.25, -0.2) is 0 Å². The monoisotopic (exact) mass is 180 g/mol. The van der Waals surface area contributed by atoms with Crippen LogP contribution in [0.5, 0.6) is 0 Å². The van der Waals surface area contributed by atoms with Crippen molar-refractivity contribution in [2.24, 2.45) is 0 Å². The molecule has 0 aliphatic rings. The third kappa shape index (κ3) is 3.21. The Morgan fingerprint density at radius 3 is 3.00 bits per heavy atom. The largest absolute Gasteiger partial charge is 0.392 e. The summed E-state index contributed by atoms with van der Waals surface area (Å²) in [6.07, 6.45) is 1.02. The molecule has 4 heteroatoms. The molecule has 0 aliphatic heterocycles.